The average molecular weight is 373 g/mol. The Morgan fingerprint density at radius 2 is 1.88 bits per heavy atom. The van der Waals surface area contributed by atoms with Gasteiger partial charge in [-0.2, -0.15) is 0 Å². The summed E-state index contributed by atoms with van der Waals surface area (Å²) in [4.78, 5) is 20.4. The molecule has 0 unspecified atom stereocenters. The number of amides is 1. The minimum atomic E-state index is -0.386. The summed E-state index contributed by atoms with van der Waals surface area (Å²) in [5.74, 6) is 0.00751. The van der Waals surface area contributed by atoms with Gasteiger partial charge in [0.25, 0.3) is 5.91 Å². The lowest BCUT2D eigenvalue weighted by Gasteiger charge is -2.08. The Kier molecular flexibility index (Phi) is 5.28. The van der Waals surface area contributed by atoms with Gasteiger partial charge in [-0.3, -0.25) is 4.79 Å². The van der Waals surface area contributed by atoms with Crippen LogP contribution in [0.15, 0.2) is 54.9 Å². The van der Waals surface area contributed by atoms with Gasteiger partial charge in [0.2, 0.25) is 5.95 Å². The summed E-state index contributed by atoms with van der Waals surface area (Å²) in [6, 6.07) is 10.8. The number of aromatic nitrogens is 2. The van der Waals surface area contributed by atoms with Gasteiger partial charge in [0, 0.05) is 23.8 Å². The standard InChI is InChI=1S/C18H14ClFN4O2/c1-26-16-6-5-14(8-15(16)19)23-17(25)11-9-21-18(22-10-11)24-13-4-2-3-12(20)7-13/h2-10H,1H3,(H,23,25)(H,21,22,24). The Bertz CT molecular complexity index is 935. The molecule has 6 nitrogen and oxygen atoms in total. The molecule has 1 heterocycles. The Labute approximate surface area is 154 Å². The van der Waals surface area contributed by atoms with Crippen molar-refractivity contribution in [2.45, 2.75) is 0 Å². The van der Waals surface area contributed by atoms with Crippen LogP contribution in [0.3, 0.4) is 0 Å². The largest absolute Gasteiger partial charge is 0.495 e. The number of anilines is 3. The van der Waals surface area contributed by atoms with Crippen molar-refractivity contribution in [1.82, 2.24) is 9.97 Å². The molecule has 0 bridgehead atoms. The summed E-state index contributed by atoms with van der Waals surface area (Å²) >= 11 is 6.03. The highest BCUT2D eigenvalue weighted by Gasteiger charge is 2.10. The lowest BCUT2D eigenvalue weighted by molar-refractivity contribution is 0.102. The number of rotatable bonds is 5. The number of benzene rings is 2. The van der Waals surface area contributed by atoms with Crippen LogP contribution in [-0.2, 0) is 0 Å². The van der Waals surface area contributed by atoms with Crippen LogP contribution in [0.1, 0.15) is 10.4 Å². The summed E-state index contributed by atoms with van der Waals surface area (Å²) in [6.07, 6.45) is 2.74. The number of ether oxygens (including phenoxy) is 1. The molecule has 0 spiro atoms. The van der Waals surface area contributed by atoms with Crippen molar-refractivity contribution < 1.29 is 13.9 Å². The Balaban J connectivity index is 1.68. The molecule has 0 aliphatic rings. The first-order chi connectivity index (χ1) is 12.5. The second-order valence-electron chi connectivity index (χ2n) is 5.23. The van der Waals surface area contributed by atoms with E-state index in [1.807, 2.05) is 0 Å². The molecule has 0 radical (unpaired) electrons. The molecule has 3 aromatic rings. The zero-order valence-corrected chi connectivity index (χ0v) is 14.4. The maximum absolute atomic E-state index is 13.2. The van der Waals surface area contributed by atoms with Crippen LogP contribution in [0.5, 0.6) is 5.75 Å². The van der Waals surface area contributed by atoms with Crippen molar-refractivity contribution in [3.8, 4) is 5.75 Å². The Hall–Kier alpha value is -3.19. The molecule has 0 saturated carbocycles. The molecule has 3 rings (SSSR count). The second-order valence-corrected chi connectivity index (χ2v) is 5.64. The first-order valence-electron chi connectivity index (χ1n) is 7.54. The normalized spacial score (nSPS) is 10.3. The number of halogens is 2. The molecule has 0 atom stereocenters. The van der Waals surface area contributed by atoms with E-state index in [1.165, 1.54) is 31.6 Å². The zero-order valence-electron chi connectivity index (χ0n) is 13.7. The summed E-state index contributed by atoms with van der Waals surface area (Å²) in [6.45, 7) is 0. The van der Waals surface area contributed by atoms with Crippen molar-refractivity contribution in [1.29, 1.82) is 0 Å². The van der Waals surface area contributed by atoms with Gasteiger partial charge in [0.05, 0.1) is 17.7 Å². The number of carbonyl (C=O) groups is 1. The van der Waals surface area contributed by atoms with Crippen LogP contribution < -0.4 is 15.4 Å². The maximum Gasteiger partial charge on any atom is 0.258 e. The van der Waals surface area contributed by atoms with Gasteiger partial charge in [0.15, 0.2) is 0 Å². The lowest BCUT2D eigenvalue weighted by atomic mass is 10.2. The number of nitrogens with one attached hydrogen (secondary N) is 2. The molecule has 2 aromatic carbocycles. The molecule has 132 valence electrons. The SMILES string of the molecule is COc1ccc(NC(=O)c2cnc(Nc3cccc(F)c3)nc2)cc1Cl. The predicted octanol–water partition coefficient (Wildman–Crippen LogP) is 4.27. The number of hydrogen-bond acceptors (Lipinski definition) is 5. The molecule has 1 amide bonds. The predicted molar refractivity (Wildman–Crippen MR) is 97.7 cm³/mol. The fourth-order valence-corrected chi connectivity index (χ4v) is 2.41. The van der Waals surface area contributed by atoms with E-state index in [2.05, 4.69) is 20.6 Å². The van der Waals surface area contributed by atoms with Gasteiger partial charge in [0.1, 0.15) is 11.6 Å². The topological polar surface area (TPSA) is 76.1 Å². The molecule has 2 N–H and O–H groups in total. The molecular weight excluding hydrogens is 359 g/mol. The van der Waals surface area contributed by atoms with Gasteiger partial charge < -0.3 is 15.4 Å². The van der Waals surface area contributed by atoms with E-state index < -0.39 is 0 Å². The van der Waals surface area contributed by atoms with Crippen LogP contribution in [-0.4, -0.2) is 23.0 Å². The number of nitrogens with zero attached hydrogens (tertiary/aromatic N) is 2. The fraction of sp³-hybridized carbons (Fsp3) is 0.0556. The maximum atomic E-state index is 13.2. The Morgan fingerprint density at radius 3 is 2.54 bits per heavy atom. The van der Waals surface area contributed by atoms with Crippen LogP contribution in [0.4, 0.5) is 21.7 Å². The van der Waals surface area contributed by atoms with Gasteiger partial charge in [-0.25, -0.2) is 14.4 Å². The zero-order chi connectivity index (χ0) is 18.5. The molecule has 0 aliphatic heterocycles. The third kappa shape index (κ3) is 4.25. The summed E-state index contributed by atoms with van der Waals surface area (Å²) < 4.78 is 18.2. The van der Waals surface area contributed by atoms with E-state index in [9.17, 15) is 9.18 Å². The minimum Gasteiger partial charge on any atom is -0.495 e. The third-order valence-electron chi connectivity index (χ3n) is 3.40. The summed E-state index contributed by atoms with van der Waals surface area (Å²) in [5.41, 5.74) is 1.29. The summed E-state index contributed by atoms with van der Waals surface area (Å²) in [5, 5.41) is 5.94. The monoisotopic (exact) mass is 372 g/mol. The molecule has 26 heavy (non-hydrogen) atoms. The Morgan fingerprint density at radius 1 is 1.12 bits per heavy atom. The van der Waals surface area contributed by atoms with Gasteiger partial charge in [-0.15, -0.1) is 0 Å². The van der Waals surface area contributed by atoms with Crippen molar-refractivity contribution in [3.05, 3.63) is 71.3 Å². The van der Waals surface area contributed by atoms with Crippen molar-refractivity contribution in [2.75, 3.05) is 17.7 Å². The molecule has 0 fully saturated rings. The van der Waals surface area contributed by atoms with E-state index >= 15 is 0 Å². The smallest absolute Gasteiger partial charge is 0.258 e. The van der Waals surface area contributed by atoms with E-state index in [4.69, 9.17) is 16.3 Å². The molecule has 8 heteroatoms. The van der Waals surface area contributed by atoms with E-state index in [0.717, 1.165) is 0 Å². The first-order valence-corrected chi connectivity index (χ1v) is 7.92. The van der Waals surface area contributed by atoms with Crippen molar-refractivity contribution in [3.63, 3.8) is 0 Å². The highest BCUT2D eigenvalue weighted by Crippen LogP contribution is 2.27. The van der Waals surface area contributed by atoms with E-state index in [1.54, 1.807) is 30.3 Å². The van der Waals surface area contributed by atoms with Crippen LogP contribution in [0, 0.1) is 5.82 Å². The van der Waals surface area contributed by atoms with E-state index in [0.29, 0.717) is 22.1 Å². The second kappa shape index (κ2) is 7.79. The van der Waals surface area contributed by atoms with Crippen molar-refractivity contribution in [2.24, 2.45) is 0 Å². The lowest BCUT2D eigenvalue weighted by Crippen LogP contribution is -2.13. The highest BCUT2D eigenvalue weighted by molar-refractivity contribution is 6.32. The third-order valence-corrected chi connectivity index (χ3v) is 3.70. The quantitative estimate of drug-likeness (QED) is 0.699. The van der Waals surface area contributed by atoms with E-state index in [-0.39, 0.29) is 23.2 Å². The number of hydrogen-bond donors (Lipinski definition) is 2. The highest BCUT2D eigenvalue weighted by atomic mass is 35.5. The minimum absolute atomic E-state index is 0.250. The van der Waals surface area contributed by atoms with Crippen LogP contribution in [0.2, 0.25) is 5.02 Å². The molecule has 1 aromatic heterocycles. The van der Waals surface area contributed by atoms with Gasteiger partial charge >= 0.3 is 0 Å². The summed E-state index contributed by atoms with van der Waals surface area (Å²) in [7, 11) is 1.51. The van der Waals surface area contributed by atoms with Gasteiger partial charge in [-0.1, -0.05) is 17.7 Å². The van der Waals surface area contributed by atoms with Crippen molar-refractivity contribution >= 4 is 34.8 Å². The fourth-order valence-electron chi connectivity index (χ4n) is 2.15. The molecule has 0 saturated heterocycles. The van der Waals surface area contributed by atoms with Crippen LogP contribution in [0.25, 0.3) is 0 Å². The average Bonchev–Trinajstić information content (AvgIpc) is 2.62. The number of methoxy groups -OCH3 is 1. The molecule has 0 aliphatic carbocycles. The number of carbonyl (C=O) groups excluding carboxylic acids is 1. The first kappa shape index (κ1) is 17.6. The van der Waals surface area contributed by atoms with Crippen LogP contribution >= 0.6 is 11.6 Å². The van der Waals surface area contributed by atoms with Gasteiger partial charge in [-0.05, 0) is 36.4 Å². The molecular formula is C18H14ClFN4O2.